The quantitative estimate of drug-likeness (QED) is 0.492. The van der Waals surface area contributed by atoms with Crippen LogP contribution >= 0.6 is 15.9 Å². The summed E-state index contributed by atoms with van der Waals surface area (Å²) in [5, 5.41) is 0. The molecule has 1 saturated heterocycles. The second-order valence-corrected chi connectivity index (χ2v) is 3.17. The number of likely N-dealkylation sites (N-methyl/N-ethyl adjacent to an activating group) is 1. The molecule has 0 saturated carbocycles. The Balaban J connectivity index is 2.17. The summed E-state index contributed by atoms with van der Waals surface area (Å²) >= 11 is 3.46. The van der Waals surface area contributed by atoms with Crippen molar-refractivity contribution in [2.45, 2.75) is 6.92 Å². The maximum atomic E-state index is 3.46. The lowest BCUT2D eigenvalue weighted by Crippen LogP contribution is -2.45. The van der Waals surface area contributed by atoms with Gasteiger partial charge in [0.2, 0.25) is 0 Å². The zero-order valence-electron chi connectivity index (χ0n) is 6.52. The largest absolute Gasteiger partial charge is 0.301 e. The number of hydrogen-bond acceptors (Lipinski definition) is 2. The Morgan fingerprint density at radius 3 is 2.00 bits per heavy atom. The van der Waals surface area contributed by atoms with Crippen molar-refractivity contribution in [3.8, 4) is 0 Å². The molecule has 0 aromatic rings. The fraction of sp³-hybridized carbons (Fsp3) is 1.00. The number of halogens is 1. The lowest BCUT2D eigenvalue weighted by molar-refractivity contribution is 0.156. The molecular formula is C7H15BrN2. The normalized spacial score (nSPS) is 23.4. The van der Waals surface area contributed by atoms with Crippen LogP contribution in [0.2, 0.25) is 0 Å². The Kier molecular flexibility index (Phi) is 3.66. The summed E-state index contributed by atoms with van der Waals surface area (Å²) in [6.45, 7) is 8.35. The van der Waals surface area contributed by atoms with E-state index in [1.54, 1.807) is 0 Å². The molecule has 2 nitrogen and oxygen atoms in total. The molecule has 0 bridgehead atoms. The molecule has 0 radical (unpaired) electrons. The van der Waals surface area contributed by atoms with Gasteiger partial charge >= 0.3 is 0 Å². The van der Waals surface area contributed by atoms with Crippen molar-refractivity contribution in [2.75, 3.05) is 38.2 Å². The molecule has 0 amide bonds. The average molecular weight is 207 g/mol. The van der Waals surface area contributed by atoms with E-state index in [0.29, 0.717) is 0 Å². The number of nitrogens with zero attached hydrogens (tertiary/aromatic N) is 2. The van der Waals surface area contributed by atoms with Crippen molar-refractivity contribution >= 4 is 15.9 Å². The zero-order valence-corrected chi connectivity index (χ0v) is 8.10. The molecule has 0 spiro atoms. The predicted molar refractivity (Wildman–Crippen MR) is 47.5 cm³/mol. The van der Waals surface area contributed by atoms with E-state index in [1.165, 1.54) is 32.7 Å². The summed E-state index contributed by atoms with van der Waals surface area (Å²) in [4.78, 5) is 4.91. The molecule has 1 heterocycles. The van der Waals surface area contributed by atoms with Gasteiger partial charge in [0.1, 0.15) is 0 Å². The molecule has 0 N–H and O–H groups in total. The monoisotopic (exact) mass is 206 g/mol. The minimum Gasteiger partial charge on any atom is -0.301 e. The van der Waals surface area contributed by atoms with E-state index in [0.717, 1.165) is 5.45 Å². The summed E-state index contributed by atoms with van der Waals surface area (Å²) < 4.78 is 0. The Morgan fingerprint density at radius 1 is 1.10 bits per heavy atom. The van der Waals surface area contributed by atoms with E-state index >= 15 is 0 Å². The van der Waals surface area contributed by atoms with E-state index in [9.17, 15) is 0 Å². The van der Waals surface area contributed by atoms with Gasteiger partial charge < -0.3 is 4.90 Å². The Bertz CT molecular complexity index is 77.6. The first kappa shape index (κ1) is 8.50. The van der Waals surface area contributed by atoms with E-state index < -0.39 is 0 Å². The summed E-state index contributed by atoms with van der Waals surface area (Å²) in [5.74, 6) is 0. The minimum absolute atomic E-state index is 1.03. The van der Waals surface area contributed by atoms with Crippen LogP contribution < -0.4 is 0 Å². The molecule has 10 heavy (non-hydrogen) atoms. The van der Waals surface area contributed by atoms with Gasteiger partial charge in [-0.1, -0.05) is 22.9 Å². The number of rotatable bonds is 2. The van der Waals surface area contributed by atoms with Crippen molar-refractivity contribution in [1.29, 1.82) is 0 Å². The van der Waals surface area contributed by atoms with Crippen LogP contribution in [-0.2, 0) is 0 Å². The zero-order chi connectivity index (χ0) is 7.40. The number of hydrogen-bond donors (Lipinski definition) is 0. The van der Waals surface area contributed by atoms with Crippen molar-refractivity contribution in [2.24, 2.45) is 0 Å². The third-order valence-electron chi connectivity index (χ3n) is 2.08. The fourth-order valence-electron chi connectivity index (χ4n) is 1.23. The van der Waals surface area contributed by atoms with Crippen molar-refractivity contribution < 1.29 is 0 Å². The van der Waals surface area contributed by atoms with Crippen molar-refractivity contribution in [3.05, 3.63) is 0 Å². The minimum atomic E-state index is 1.03. The molecule has 1 fully saturated rings. The lowest BCUT2D eigenvalue weighted by Gasteiger charge is -2.32. The van der Waals surface area contributed by atoms with E-state index in [4.69, 9.17) is 0 Å². The van der Waals surface area contributed by atoms with E-state index in [1.807, 2.05) is 0 Å². The molecule has 0 aromatic carbocycles. The Labute approximate surface area is 71.3 Å². The first-order chi connectivity index (χ1) is 4.86. The predicted octanol–water partition coefficient (Wildman–Crippen LogP) is 0.976. The van der Waals surface area contributed by atoms with Gasteiger partial charge in [0.25, 0.3) is 0 Å². The average Bonchev–Trinajstić information content (AvgIpc) is 2.05. The van der Waals surface area contributed by atoms with Gasteiger partial charge in [0.05, 0.1) is 5.45 Å². The highest BCUT2D eigenvalue weighted by Crippen LogP contribution is 2.01. The standard InChI is InChI=1S/C7H15BrN2/c1-2-9-3-5-10(7-8)6-4-9/h2-7H2,1H3. The van der Waals surface area contributed by atoms with E-state index in [-0.39, 0.29) is 0 Å². The van der Waals surface area contributed by atoms with Gasteiger partial charge in [-0.2, -0.15) is 0 Å². The fourth-order valence-corrected chi connectivity index (χ4v) is 1.73. The highest BCUT2D eigenvalue weighted by atomic mass is 79.9. The third kappa shape index (κ3) is 2.22. The van der Waals surface area contributed by atoms with Gasteiger partial charge in [0, 0.05) is 26.2 Å². The first-order valence-corrected chi connectivity index (χ1v) is 4.99. The molecule has 1 aliphatic heterocycles. The molecule has 3 heteroatoms. The molecular weight excluding hydrogens is 192 g/mol. The van der Waals surface area contributed by atoms with Crippen molar-refractivity contribution in [1.82, 2.24) is 9.80 Å². The second kappa shape index (κ2) is 4.31. The van der Waals surface area contributed by atoms with Crippen molar-refractivity contribution in [3.63, 3.8) is 0 Å². The maximum absolute atomic E-state index is 3.46. The van der Waals surface area contributed by atoms with Gasteiger partial charge in [-0.25, -0.2) is 0 Å². The van der Waals surface area contributed by atoms with Crippen LogP contribution in [0.4, 0.5) is 0 Å². The van der Waals surface area contributed by atoms with Gasteiger partial charge in [-0.15, -0.1) is 0 Å². The maximum Gasteiger partial charge on any atom is 0.0543 e. The summed E-state index contributed by atoms with van der Waals surface area (Å²) in [7, 11) is 0. The Morgan fingerprint density at radius 2 is 1.60 bits per heavy atom. The highest BCUT2D eigenvalue weighted by Gasteiger charge is 2.13. The molecule has 60 valence electrons. The van der Waals surface area contributed by atoms with Crippen LogP contribution in [0.3, 0.4) is 0 Å². The number of alkyl halides is 1. The lowest BCUT2D eigenvalue weighted by atomic mass is 10.3. The van der Waals surface area contributed by atoms with Crippen LogP contribution in [0.25, 0.3) is 0 Å². The first-order valence-electron chi connectivity index (χ1n) is 3.87. The molecule has 1 aliphatic rings. The molecule has 0 atom stereocenters. The van der Waals surface area contributed by atoms with E-state index in [2.05, 4.69) is 32.7 Å². The number of piperazine rings is 1. The Hall–Kier alpha value is 0.400. The summed E-state index contributed by atoms with van der Waals surface area (Å²) in [5.41, 5.74) is 1.03. The molecule has 0 unspecified atom stereocenters. The van der Waals surface area contributed by atoms with Gasteiger partial charge in [0.15, 0.2) is 0 Å². The van der Waals surface area contributed by atoms with Crippen LogP contribution in [0.1, 0.15) is 6.92 Å². The van der Waals surface area contributed by atoms with Crippen LogP contribution in [0.15, 0.2) is 0 Å². The molecule has 0 aromatic heterocycles. The topological polar surface area (TPSA) is 6.48 Å². The smallest absolute Gasteiger partial charge is 0.0543 e. The SMILES string of the molecule is CCN1CCN(CBr)CC1. The van der Waals surface area contributed by atoms with Gasteiger partial charge in [-0.05, 0) is 6.54 Å². The van der Waals surface area contributed by atoms with Crippen LogP contribution in [0, 0.1) is 0 Å². The highest BCUT2D eigenvalue weighted by molar-refractivity contribution is 9.09. The summed E-state index contributed by atoms with van der Waals surface area (Å²) in [6, 6.07) is 0. The van der Waals surface area contributed by atoms with Crippen LogP contribution in [0.5, 0.6) is 0 Å². The molecule has 1 rings (SSSR count). The molecule has 0 aliphatic carbocycles. The summed E-state index contributed by atoms with van der Waals surface area (Å²) in [6.07, 6.45) is 0. The van der Waals surface area contributed by atoms with Crippen LogP contribution in [-0.4, -0.2) is 48.0 Å². The van der Waals surface area contributed by atoms with Gasteiger partial charge in [-0.3, -0.25) is 4.90 Å². The third-order valence-corrected chi connectivity index (χ3v) is 2.79. The second-order valence-electron chi connectivity index (χ2n) is 2.67.